The summed E-state index contributed by atoms with van der Waals surface area (Å²) >= 11 is 6.14. The van der Waals surface area contributed by atoms with Crippen molar-refractivity contribution < 1.29 is 9.84 Å². The molecule has 100 valence electrons. The van der Waals surface area contributed by atoms with Crippen LogP contribution in [0.3, 0.4) is 0 Å². The molecular formula is C14H20ClNO2. The van der Waals surface area contributed by atoms with Gasteiger partial charge in [0.1, 0.15) is 0 Å². The predicted molar refractivity (Wildman–Crippen MR) is 72.9 cm³/mol. The number of aryl methyl sites for hydroxylation is 1. The maximum absolute atomic E-state index is 9.17. The van der Waals surface area contributed by atoms with Crippen molar-refractivity contribution in [1.82, 2.24) is 4.90 Å². The maximum atomic E-state index is 9.17. The first-order valence-corrected chi connectivity index (χ1v) is 6.69. The van der Waals surface area contributed by atoms with E-state index >= 15 is 0 Å². The molecule has 1 heterocycles. The van der Waals surface area contributed by atoms with Crippen LogP contribution in [0.15, 0.2) is 18.2 Å². The Kier molecular flexibility index (Phi) is 4.62. The molecule has 1 aromatic carbocycles. The smallest absolute Gasteiger partial charge is 0.0933 e. The Balaban J connectivity index is 2.04. The van der Waals surface area contributed by atoms with E-state index in [4.69, 9.17) is 21.4 Å². The Bertz CT molecular complexity index is 411. The molecule has 0 amide bonds. The van der Waals surface area contributed by atoms with Gasteiger partial charge in [0.15, 0.2) is 0 Å². The fraction of sp³-hybridized carbons (Fsp3) is 0.571. The van der Waals surface area contributed by atoms with Gasteiger partial charge in [-0.15, -0.1) is 0 Å². The first-order valence-electron chi connectivity index (χ1n) is 6.31. The van der Waals surface area contributed by atoms with E-state index in [0.29, 0.717) is 12.6 Å². The largest absolute Gasteiger partial charge is 0.394 e. The summed E-state index contributed by atoms with van der Waals surface area (Å²) in [6.45, 7) is 6.52. The second-order valence-electron chi connectivity index (χ2n) is 5.00. The van der Waals surface area contributed by atoms with Crippen molar-refractivity contribution in [2.24, 2.45) is 0 Å². The highest BCUT2D eigenvalue weighted by Crippen LogP contribution is 2.20. The first-order chi connectivity index (χ1) is 8.60. The van der Waals surface area contributed by atoms with Crippen LogP contribution >= 0.6 is 11.6 Å². The van der Waals surface area contributed by atoms with Crippen LogP contribution in [-0.2, 0) is 11.3 Å². The Labute approximate surface area is 113 Å². The maximum Gasteiger partial charge on any atom is 0.0933 e. The van der Waals surface area contributed by atoms with Crippen molar-refractivity contribution in [2.75, 3.05) is 19.8 Å². The monoisotopic (exact) mass is 269 g/mol. The second kappa shape index (κ2) is 6.02. The fourth-order valence-corrected chi connectivity index (χ4v) is 2.38. The van der Waals surface area contributed by atoms with Crippen LogP contribution in [0.5, 0.6) is 0 Å². The van der Waals surface area contributed by atoms with Crippen molar-refractivity contribution in [3.63, 3.8) is 0 Å². The summed E-state index contributed by atoms with van der Waals surface area (Å²) in [5.74, 6) is 0. The minimum Gasteiger partial charge on any atom is -0.394 e. The third kappa shape index (κ3) is 3.23. The van der Waals surface area contributed by atoms with E-state index in [-0.39, 0.29) is 12.7 Å². The lowest BCUT2D eigenvalue weighted by Gasteiger charge is -2.37. The quantitative estimate of drug-likeness (QED) is 0.913. The molecule has 1 fully saturated rings. The second-order valence-corrected chi connectivity index (χ2v) is 5.41. The number of aliphatic hydroxyl groups is 1. The Morgan fingerprint density at radius 2 is 2.28 bits per heavy atom. The highest BCUT2D eigenvalue weighted by Gasteiger charge is 2.25. The molecule has 18 heavy (non-hydrogen) atoms. The molecule has 2 atom stereocenters. The summed E-state index contributed by atoms with van der Waals surface area (Å²) in [6, 6.07) is 6.55. The minimum atomic E-state index is -0.0675. The van der Waals surface area contributed by atoms with Crippen LogP contribution < -0.4 is 0 Å². The van der Waals surface area contributed by atoms with E-state index in [2.05, 4.69) is 17.9 Å². The topological polar surface area (TPSA) is 32.7 Å². The van der Waals surface area contributed by atoms with Crippen molar-refractivity contribution in [2.45, 2.75) is 32.5 Å². The summed E-state index contributed by atoms with van der Waals surface area (Å²) < 4.78 is 5.53. The van der Waals surface area contributed by atoms with Crippen LogP contribution in [0.25, 0.3) is 0 Å². The molecule has 1 aliphatic rings. The summed E-state index contributed by atoms with van der Waals surface area (Å²) in [5.41, 5.74) is 2.31. The lowest BCUT2D eigenvalue weighted by Crippen LogP contribution is -2.48. The van der Waals surface area contributed by atoms with E-state index in [1.54, 1.807) is 0 Å². The van der Waals surface area contributed by atoms with Gasteiger partial charge in [0.25, 0.3) is 0 Å². The third-order valence-corrected chi connectivity index (χ3v) is 3.87. The molecule has 1 aliphatic heterocycles. The number of hydrogen-bond acceptors (Lipinski definition) is 3. The van der Waals surface area contributed by atoms with Gasteiger partial charge in [0, 0.05) is 24.2 Å². The summed E-state index contributed by atoms with van der Waals surface area (Å²) in [6.07, 6.45) is -0.0675. The number of hydrogen-bond donors (Lipinski definition) is 1. The van der Waals surface area contributed by atoms with E-state index in [1.807, 2.05) is 19.1 Å². The van der Waals surface area contributed by atoms with Crippen LogP contribution in [0.2, 0.25) is 5.02 Å². The van der Waals surface area contributed by atoms with E-state index in [0.717, 1.165) is 23.7 Å². The van der Waals surface area contributed by atoms with Crippen LogP contribution in [0.4, 0.5) is 0 Å². The fourth-order valence-electron chi connectivity index (χ4n) is 2.18. The number of halogens is 1. The molecule has 0 aromatic heterocycles. The van der Waals surface area contributed by atoms with Crippen LogP contribution in [0, 0.1) is 6.92 Å². The van der Waals surface area contributed by atoms with Gasteiger partial charge in [-0.2, -0.15) is 0 Å². The zero-order valence-electron chi connectivity index (χ0n) is 10.9. The molecule has 3 nitrogen and oxygen atoms in total. The molecule has 1 saturated heterocycles. The third-order valence-electron chi connectivity index (χ3n) is 3.46. The van der Waals surface area contributed by atoms with Gasteiger partial charge in [-0.1, -0.05) is 23.7 Å². The molecule has 1 aromatic rings. The van der Waals surface area contributed by atoms with Crippen LogP contribution in [0.1, 0.15) is 18.1 Å². The zero-order chi connectivity index (χ0) is 13.1. The van der Waals surface area contributed by atoms with Crippen molar-refractivity contribution in [3.05, 3.63) is 34.3 Å². The molecule has 0 saturated carbocycles. The van der Waals surface area contributed by atoms with Gasteiger partial charge >= 0.3 is 0 Å². The summed E-state index contributed by atoms with van der Waals surface area (Å²) in [7, 11) is 0. The molecule has 2 rings (SSSR count). The number of benzene rings is 1. The SMILES string of the molecule is Cc1ccc(CN2C[C@H](CO)OC[C@@H]2C)cc1Cl. The standard InChI is InChI=1S/C14H20ClNO2/c1-10-3-4-12(5-14(10)15)6-16-7-13(8-17)18-9-11(16)2/h3-5,11,13,17H,6-9H2,1-2H3/t11-,13+/m0/s1. The number of ether oxygens (including phenoxy) is 1. The van der Waals surface area contributed by atoms with Crippen molar-refractivity contribution in [3.8, 4) is 0 Å². The van der Waals surface area contributed by atoms with E-state index in [9.17, 15) is 0 Å². The van der Waals surface area contributed by atoms with Crippen molar-refractivity contribution >= 4 is 11.6 Å². The predicted octanol–water partition coefficient (Wildman–Crippen LogP) is 2.23. The Hall–Kier alpha value is -0.610. The normalized spacial score (nSPS) is 25.3. The van der Waals surface area contributed by atoms with Crippen LogP contribution in [-0.4, -0.2) is 41.9 Å². The molecule has 0 unspecified atom stereocenters. The average molecular weight is 270 g/mol. The first kappa shape index (κ1) is 13.8. The van der Waals surface area contributed by atoms with Gasteiger partial charge in [-0.3, -0.25) is 4.90 Å². The number of aliphatic hydroxyl groups excluding tert-OH is 1. The number of morpholine rings is 1. The summed E-state index contributed by atoms with van der Waals surface area (Å²) in [4.78, 5) is 2.32. The lowest BCUT2D eigenvalue weighted by molar-refractivity contribution is -0.0805. The van der Waals surface area contributed by atoms with Gasteiger partial charge in [0.2, 0.25) is 0 Å². The zero-order valence-corrected chi connectivity index (χ0v) is 11.7. The average Bonchev–Trinajstić information content (AvgIpc) is 2.36. The van der Waals surface area contributed by atoms with Gasteiger partial charge < -0.3 is 9.84 Å². The molecule has 0 spiro atoms. The number of nitrogens with zero attached hydrogens (tertiary/aromatic N) is 1. The number of rotatable bonds is 3. The molecule has 0 radical (unpaired) electrons. The Morgan fingerprint density at radius 3 is 2.94 bits per heavy atom. The van der Waals surface area contributed by atoms with E-state index < -0.39 is 0 Å². The molecular weight excluding hydrogens is 250 g/mol. The highest BCUT2D eigenvalue weighted by atomic mass is 35.5. The summed E-state index contributed by atoms with van der Waals surface area (Å²) in [5, 5.41) is 9.98. The molecule has 4 heteroatoms. The molecule has 0 bridgehead atoms. The molecule has 1 N–H and O–H groups in total. The van der Waals surface area contributed by atoms with Gasteiger partial charge in [-0.05, 0) is 31.0 Å². The minimum absolute atomic E-state index is 0.0675. The highest BCUT2D eigenvalue weighted by molar-refractivity contribution is 6.31. The molecule has 0 aliphatic carbocycles. The van der Waals surface area contributed by atoms with Gasteiger partial charge in [0.05, 0.1) is 19.3 Å². The lowest BCUT2D eigenvalue weighted by atomic mass is 10.1. The Morgan fingerprint density at radius 1 is 1.50 bits per heavy atom. The van der Waals surface area contributed by atoms with Crippen molar-refractivity contribution in [1.29, 1.82) is 0 Å². The van der Waals surface area contributed by atoms with Gasteiger partial charge in [-0.25, -0.2) is 0 Å². The van der Waals surface area contributed by atoms with E-state index in [1.165, 1.54) is 5.56 Å².